The van der Waals surface area contributed by atoms with Crippen molar-refractivity contribution >= 4 is 5.91 Å². The predicted octanol–water partition coefficient (Wildman–Crippen LogP) is 2.28. The molecule has 1 unspecified atom stereocenters. The van der Waals surface area contributed by atoms with E-state index >= 15 is 0 Å². The molecule has 0 aliphatic carbocycles. The second-order valence-corrected chi connectivity index (χ2v) is 6.52. The third-order valence-electron chi connectivity index (χ3n) is 4.89. The number of ether oxygens (including phenoxy) is 1. The molecule has 0 spiro atoms. The number of hydrogen-bond acceptors (Lipinski definition) is 4. The van der Waals surface area contributed by atoms with Gasteiger partial charge in [0.2, 0.25) is 5.91 Å². The molecule has 2 rings (SSSR count). The van der Waals surface area contributed by atoms with Crippen LogP contribution >= 0.6 is 0 Å². The average Bonchev–Trinajstić information content (AvgIpc) is 2.61. The number of piperidine rings is 1. The fraction of sp³-hybridized carbons (Fsp3) is 0.632. The van der Waals surface area contributed by atoms with Crippen LogP contribution in [0.3, 0.4) is 0 Å². The molecular formula is C19H30N2O3. The standard InChI is InChI=1S/C19H30N2O3/c1-20-12-6-5-8-17(20)10-11-19(23)21(13-14-22)15-16-7-3-4-9-18(16)24-2/h3-4,7,9,17,22H,5-6,8,10-15H2,1-2H3. The second kappa shape index (κ2) is 9.64. The van der Waals surface area contributed by atoms with E-state index in [4.69, 9.17) is 4.74 Å². The molecule has 1 aliphatic rings. The molecule has 24 heavy (non-hydrogen) atoms. The third kappa shape index (κ3) is 5.21. The summed E-state index contributed by atoms with van der Waals surface area (Å²) in [6.07, 6.45) is 5.11. The smallest absolute Gasteiger partial charge is 0.223 e. The molecule has 1 saturated heterocycles. The number of benzene rings is 1. The Labute approximate surface area is 145 Å². The normalized spacial score (nSPS) is 18.4. The Bertz CT molecular complexity index is 521. The molecular weight excluding hydrogens is 304 g/mol. The number of hydrogen-bond donors (Lipinski definition) is 1. The van der Waals surface area contributed by atoms with Crippen LogP contribution in [0, 0.1) is 0 Å². The van der Waals surface area contributed by atoms with Crippen molar-refractivity contribution in [1.82, 2.24) is 9.80 Å². The van der Waals surface area contributed by atoms with Gasteiger partial charge in [0.15, 0.2) is 0 Å². The summed E-state index contributed by atoms with van der Waals surface area (Å²) in [4.78, 5) is 16.7. The maximum atomic E-state index is 12.6. The molecule has 1 atom stereocenters. The van der Waals surface area contributed by atoms with Crippen molar-refractivity contribution in [2.75, 3.05) is 33.9 Å². The molecule has 0 saturated carbocycles. The lowest BCUT2D eigenvalue weighted by Crippen LogP contribution is -2.38. The molecule has 5 nitrogen and oxygen atoms in total. The zero-order valence-corrected chi connectivity index (χ0v) is 14.9. The lowest BCUT2D eigenvalue weighted by Gasteiger charge is -2.33. The number of para-hydroxylation sites is 1. The first kappa shape index (κ1) is 18.7. The number of methoxy groups -OCH3 is 1. The molecule has 1 N–H and O–H groups in total. The summed E-state index contributed by atoms with van der Waals surface area (Å²) in [6, 6.07) is 8.22. The number of carbonyl (C=O) groups is 1. The van der Waals surface area contributed by atoms with Crippen molar-refractivity contribution in [2.45, 2.75) is 44.7 Å². The minimum Gasteiger partial charge on any atom is -0.496 e. The zero-order chi connectivity index (χ0) is 17.4. The van der Waals surface area contributed by atoms with Crippen LogP contribution in [0.4, 0.5) is 0 Å². The van der Waals surface area contributed by atoms with Crippen LogP contribution in [0.2, 0.25) is 0 Å². The van der Waals surface area contributed by atoms with Gasteiger partial charge in [0, 0.05) is 31.1 Å². The van der Waals surface area contributed by atoms with Crippen molar-refractivity contribution in [2.24, 2.45) is 0 Å². The Morgan fingerprint density at radius 1 is 1.38 bits per heavy atom. The molecule has 0 radical (unpaired) electrons. The van der Waals surface area contributed by atoms with Gasteiger partial charge in [0.25, 0.3) is 0 Å². The van der Waals surface area contributed by atoms with E-state index in [0.29, 0.717) is 25.6 Å². The van der Waals surface area contributed by atoms with Crippen LogP contribution < -0.4 is 4.74 Å². The van der Waals surface area contributed by atoms with Crippen LogP contribution in [-0.4, -0.2) is 60.7 Å². The van der Waals surface area contributed by atoms with Gasteiger partial charge in [-0.3, -0.25) is 4.79 Å². The average molecular weight is 334 g/mol. The lowest BCUT2D eigenvalue weighted by atomic mass is 9.98. The number of amides is 1. The number of aliphatic hydroxyl groups excluding tert-OH is 1. The van der Waals surface area contributed by atoms with Gasteiger partial charge in [-0.25, -0.2) is 0 Å². The highest BCUT2D eigenvalue weighted by Gasteiger charge is 2.22. The van der Waals surface area contributed by atoms with Crippen molar-refractivity contribution in [3.63, 3.8) is 0 Å². The summed E-state index contributed by atoms with van der Waals surface area (Å²) in [5.74, 6) is 0.884. The van der Waals surface area contributed by atoms with Gasteiger partial charge in [-0.15, -0.1) is 0 Å². The molecule has 1 fully saturated rings. The topological polar surface area (TPSA) is 53.0 Å². The fourth-order valence-electron chi connectivity index (χ4n) is 3.41. The monoisotopic (exact) mass is 334 g/mol. The Balaban J connectivity index is 1.94. The molecule has 1 aliphatic heterocycles. The van der Waals surface area contributed by atoms with Crippen LogP contribution in [0.15, 0.2) is 24.3 Å². The Morgan fingerprint density at radius 2 is 2.17 bits per heavy atom. The van der Waals surface area contributed by atoms with Gasteiger partial charge in [-0.2, -0.15) is 0 Å². The molecule has 1 heterocycles. The molecule has 0 aromatic heterocycles. The fourth-order valence-corrected chi connectivity index (χ4v) is 3.41. The van der Waals surface area contributed by atoms with Gasteiger partial charge in [-0.1, -0.05) is 24.6 Å². The van der Waals surface area contributed by atoms with Crippen molar-refractivity contribution in [1.29, 1.82) is 0 Å². The van der Waals surface area contributed by atoms with E-state index in [0.717, 1.165) is 24.3 Å². The first-order valence-corrected chi connectivity index (χ1v) is 8.86. The summed E-state index contributed by atoms with van der Waals surface area (Å²) in [5.41, 5.74) is 0.969. The van der Waals surface area contributed by atoms with E-state index in [-0.39, 0.29) is 12.5 Å². The molecule has 134 valence electrons. The third-order valence-corrected chi connectivity index (χ3v) is 4.89. The maximum absolute atomic E-state index is 12.6. The Hall–Kier alpha value is -1.59. The van der Waals surface area contributed by atoms with Crippen LogP contribution in [-0.2, 0) is 11.3 Å². The maximum Gasteiger partial charge on any atom is 0.223 e. The van der Waals surface area contributed by atoms with Gasteiger partial charge < -0.3 is 19.6 Å². The van der Waals surface area contributed by atoms with Crippen LogP contribution in [0.25, 0.3) is 0 Å². The molecule has 5 heteroatoms. The first-order chi connectivity index (χ1) is 11.7. The SMILES string of the molecule is COc1ccccc1CN(CCO)C(=O)CCC1CCCCN1C. The van der Waals surface area contributed by atoms with E-state index in [1.807, 2.05) is 24.3 Å². The summed E-state index contributed by atoms with van der Waals surface area (Å²) in [7, 11) is 3.78. The van der Waals surface area contributed by atoms with Crippen LogP contribution in [0.1, 0.15) is 37.7 Å². The van der Waals surface area contributed by atoms with E-state index in [2.05, 4.69) is 11.9 Å². The van der Waals surface area contributed by atoms with Crippen LogP contribution in [0.5, 0.6) is 5.75 Å². The number of nitrogens with zero attached hydrogens (tertiary/aromatic N) is 2. The highest BCUT2D eigenvalue weighted by atomic mass is 16.5. The molecule has 0 bridgehead atoms. The highest BCUT2D eigenvalue weighted by molar-refractivity contribution is 5.76. The van der Waals surface area contributed by atoms with E-state index in [1.165, 1.54) is 19.3 Å². The Morgan fingerprint density at radius 3 is 2.88 bits per heavy atom. The van der Waals surface area contributed by atoms with E-state index < -0.39 is 0 Å². The minimum absolute atomic E-state index is 0.0236. The van der Waals surface area contributed by atoms with Gasteiger partial charge in [0.1, 0.15) is 5.75 Å². The summed E-state index contributed by atoms with van der Waals surface area (Å²) >= 11 is 0. The molecule has 1 aromatic rings. The van der Waals surface area contributed by atoms with Crippen molar-refractivity contribution in [3.05, 3.63) is 29.8 Å². The van der Waals surface area contributed by atoms with E-state index in [9.17, 15) is 9.90 Å². The van der Waals surface area contributed by atoms with Gasteiger partial charge >= 0.3 is 0 Å². The number of rotatable bonds is 8. The van der Waals surface area contributed by atoms with E-state index in [1.54, 1.807) is 12.0 Å². The Kier molecular flexibility index (Phi) is 7.53. The van der Waals surface area contributed by atoms with Crippen molar-refractivity contribution in [3.8, 4) is 5.75 Å². The number of likely N-dealkylation sites (tertiary alicyclic amines) is 1. The van der Waals surface area contributed by atoms with Crippen molar-refractivity contribution < 1.29 is 14.6 Å². The summed E-state index contributed by atoms with van der Waals surface area (Å²) in [5, 5.41) is 9.32. The zero-order valence-electron chi connectivity index (χ0n) is 14.9. The first-order valence-electron chi connectivity index (χ1n) is 8.86. The molecule has 1 amide bonds. The highest BCUT2D eigenvalue weighted by Crippen LogP contribution is 2.22. The quantitative estimate of drug-likeness (QED) is 0.792. The second-order valence-electron chi connectivity index (χ2n) is 6.52. The predicted molar refractivity (Wildman–Crippen MR) is 95.0 cm³/mol. The lowest BCUT2D eigenvalue weighted by molar-refractivity contribution is -0.132. The summed E-state index contributed by atoms with van der Waals surface area (Å²) < 4.78 is 5.37. The van der Waals surface area contributed by atoms with Gasteiger partial charge in [0.05, 0.1) is 13.7 Å². The minimum atomic E-state index is -0.0236. The summed E-state index contributed by atoms with van der Waals surface area (Å²) in [6.45, 7) is 1.94. The van der Waals surface area contributed by atoms with Gasteiger partial charge in [-0.05, 0) is 38.9 Å². The largest absolute Gasteiger partial charge is 0.496 e. The number of carbonyl (C=O) groups excluding carboxylic acids is 1. The molecule has 1 aromatic carbocycles. The number of aliphatic hydroxyl groups is 1.